The van der Waals surface area contributed by atoms with Crippen molar-refractivity contribution >= 4 is 28.8 Å². The van der Waals surface area contributed by atoms with Crippen molar-refractivity contribution < 1.29 is 0 Å². The van der Waals surface area contributed by atoms with Crippen molar-refractivity contribution in [1.82, 2.24) is 4.98 Å². The molecule has 0 aliphatic heterocycles. The van der Waals surface area contributed by atoms with Crippen LogP contribution in [0.4, 0.5) is 17.2 Å². The number of halogens is 1. The van der Waals surface area contributed by atoms with Gasteiger partial charge in [0.25, 0.3) is 0 Å². The molecule has 1 heterocycles. The van der Waals surface area contributed by atoms with Crippen molar-refractivity contribution in [3.8, 4) is 0 Å². The van der Waals surface area contributed by atoms with Crippen LogP contribution in [0.1, 0.15) is 11.1 Å². The van der Waals surface area contributed by atoms with Crippen molar-refractivity contribution in [3.05, 3.63) is 46.6 Å². The maximum Gasteiger partial charge on any atom is 0.153 e. The van der Waals surface area contributed by atoms with Crippen LogP contribution in [-0.2, 0) is 0 Å². The van der Waals surface area contributed by atoms with Gasteiger partial charge in [0.15, 0.2) is 5.82 Å². The second kappa shape index (κ2) is 4.63. The minimum absolute atomic E-state index is 0.601. The maximum absolute atomic E-state index is 6.21. The lowest BCUT2D eigenvalue weighted by Gasteiger charge is -2.13. The molecule has 0 saturated carbocycles. The molecule has 0 unspecified atom stereocenters. The lowest BCUT2D eigenvalue weighted by atomic mass is 10.1. The second-order valence-electron chi connectivity index (χ2n) is 4.00. The first-order valence-electron chi connectivity index (χ1n) is 5.32. The first-order chi connectivity index (χ1) is 8.08. The van der Waals surface area contributed by atoms with Crippen LogP contribution in [0.2, 0.25) is 5.02 Å². The van der Waals surface area contributed by atoms with Crippen LogP contribution >= 0.6 is 11.6 Å². The van der Waals surface area contributed by atoms with Gasteiger partial charge in [-0.15, -0.1) is 0 Å². The highest BCUT2D eigenvalue weighted by Gasteiger charge is 2.07. The van der Waals surface area contributed by atoms with Gasteiger partial charge in [0.2, 0.25) is 0 Å². The summed E-state index contributed by atoms with van der Waals surface area (Å²) in [6.07, 6.45) is 1.69. The molecule has 4 heteroatoms. The molecule has 0 aliphatic carbocycles. The van der Waals surface area contributed by atoms with Crippen LogP contribution < -0.4 is 11.1 Å². The number of nitrogens with zero attached hydrogens (tertiary/aromatic N) is 1. The third-order valence-corrected chi connectivity index (χ3v) is 2.81. The Morgan fingerprint density at radius 3 is 2.71 bits per heavy atom. The Balaban J connectivity index is 2.40. The summed E-state index contributed by atoms with van der Waals surface area (Å²) >= 11 is 6.21. The summed E-state index contributed by atoms with van der Waals surface area (Å²) in [4.78, 5) is 4.18. The topological polar surface area (TPSA) is 50.9 Å². The fourth-order valence-electron chi connectivity index (χ4n) is 1.71. The predicted molar refractivity (Wildman–Crippen MR) is 72.9 cm³/mol. The number of rotatable bonds is 2. The van der Waals surface area contributed by atoms with Crippen molar-refractivity contribution in [1.29, 1.82) is 0 Å². The highest BCUT2D eigenvalue weighted by molar-refractivity contribution is 6.33. The number of hydrogen-bond donors (Lipinski definition) is 2. The molecule has 2 rings (SSSR count). The molecule has 1 aromatic carbocycles. The number of hydrogen-bond acceptors (Lipinski definition) is 3. The van der Waals surface area contributed by atoms with Gasteiger partial charge in [-0.3, -0.25) is 0 Å². The van der Waals surface area contributed by atoms with Gasteiger partial charge in [0.05, 0.1) is 16.4 Å². The molecule has 0 atom stereocenters. The number of benzene rings is 1. The SMILES string of the molecule is Cc1cc(C)c(Nc2ncccc2N)c(Cl)c1. The average molecular weight is 248 g/mol. The highest BCUT2D eigenvalue weighted by atomic mass is 35.5. The van der Waals surface area contributed by atoms with E-state index in [2.05, 4.69) is 16.4 Å². The predicted octanol–water partition coefficient (Wildman–Crippen LogP) is 3.68. The monoisotopic (exact) mass is 247 g/mol. The first-order valence-corrected chi connectivity index (χ1v) is 5.70. The Bertz CT molecular complexity index is 529. The number of nitrogen functional groups attached to an aromatic ring is 1. The fraction of sp³-hybridized carbons (Fsp3) is 0.154. The van der Waals surface area contributed by atoms with Crippen LogP contribution in [0.3, 0.4) is 0 Å². The number of anilines is 3. The highest BCUT2D eigenvalue weighted by Crippen LogP contribution is 2.31. The Hall–Kier alpha value is -1.74. The average Bonchev–Trinajstić information content (AvgIpc) is 2.25. The van der Waals surface area contributed by atoms with E-state index in [9.17, 15) is 0 Å². The molecule has 0 aliphatic rings. The zero-order valence-corrected chi connectivity index (χ0v) is 10.5. The van der Waals surface area contributed by atoms with E-state index in [-0.39, 0.29) is 0 Å². The lowest BCUT2D eigenvalue weighted by Crippen LogP contribution is -2.00. The summed E-state index contributed by atoms with van der Waals surface area (Å²) < 4.78 is 0. The normalized spacial score (nSPS) is 10.3. The zero-order valence-electron chi connectivity index (χ0n) is 9.79. The summed E-state index contributed by atoms with van der Waals surface area (Å²) in [7, 11) is 0. The largest absolute Gasteiger partial charge is 0.396 e. The molecule has 88 valence electrons. The van der Waals surface area contributed by atoms with Crippen LogP contribution in [0.5, 0.6) is 0 Å². The number of nitrogens with one attached hydrogen (secondary N) is 1. The molecule has 1 aromatic heterocycles. The smallest absolute Gasteiger partial charge is 0.153 e. The molecule has 0 amide bonds. The quantitative estimate of drug-likeness (QED) is 0.851. The third kappa shape index (κ3) is 2.50. The molecule has 0 radical (unpaired) electrons. The number of aromatic nitrogens is 1. The number of pyridine rings is 1. The molecular weight excluding hydrogens is 234 g/mol. The van der Waals surface area contributed by atoms with Crippen LogP contribution in [0.25, 0.3) is 0 Å². The minimum atomic E-state index is 0.601. The number of nitrogens with two attached hydrogens (primary N) is 1. The van der Waals surface area contributed by atoms with E-state index in [1.165, 1.54) is 0 Å². The molecule has 0 spiro atoms. The molecule has 3 N–H and O–H groups in total. The summed E-state index contributed by atoms with van der Waals surface area (Å²) in [6.45, 7) is 4.01. The second-order valence-corrected chi connectivity index (χ2v) is 4.41. The summed E-state index contributed by atoms with van der Waals surface area (Å²) in [5.74, 6) is 0.626. The van der Waals surface area contributed by atoms with Crippen LogP contribution in [-0.4, -0.2) is 4.98 Å². The van der Waals surface area contributed by atoms with Crippen LogP contribution in [0.15, 0.2) is 30.5 Å². The lowest BCUT2D eigenvalue weighted by molar-refractivity contribution is 1.29. The van der Waals surface area contributed by atoms with Crippen molar-refractivity contribution in [2.75, 3.05) is 11.1 Å². The van der Waals surface area contributed by atoms with Crippen LogP contribution in [0, 0.1) is 13.8 Å². The van der Waals surface area contributed by atoms with E-state index in [1.807, 2.05) is 19.9 Å². The van der Waals surface area contributed by atoms with Gasteiger partial charge in [0.1, 0.15) is 0 Å². The van der Waals surface area contributed by atoms with Gasteiger partial charge in [-0.25, -0.2) is 4.98 Å². The molecule has 0 fully saturated rings. The Kier molecular flexibility index (Phi) is 3.20. The molecule has 17 heavy (non-hydrogen) atoms. The van der Waals surface area contributed by atoms with Gasteiger partial charge in [-0.05, 0) is 43.2 Å². The summed E-state index contributed by atoms with van der Waals surface area (Å²) in [5.41, 5.74) is 9.48. The van der Waals surface area contributed by atoms with E-state index >= 15 is 0 Å². The van der Waals surface area contributed by atoms with Gasteiger partial charge >= 0.3 is 0 Å². The minimum Gasteiger partial charge on any atom is -0.396 e. The van der Waals surface area contributed by atoms with E-state index in [1.54, 1.807) is 18.3 Å². The summed E-state index contributed by atoms with van der Waals surface area (Å²) in [5, 5.41) is 3.84. The van der Waals surface area contributed by atoms with E-state index in [0.717, 1.165) is 16.8 Å². The van der Waals surface area contributed by atoms with Crippen molar-refractivity contribution in [3.63, 3.8) is 0 Å². The Labute approximate surface area is 106 Å². The first kappa shape index (κ1) is 11.7. The molecule has 2 aromatic rings. The maximum atomic E-state index is 6.21. The fourth-order valence-corrected chi connectivity index (χ4v) is 2.08. The Morgan fingerprint density at radius 1 is 1.29 bits per heavy atom. The molecule has 0 bridgehead atoms. The van der Waals surface area contributed by atoms with Gasteiger partial charge in [-0.1, -0.05) is 17.7 Å². The zero-order chi connectivity index (χ0) is 12.4. The molecule has 3 nitrogen and oxygen atoms in total. The van der Waals surface area contributed by atoms with Gasteiger partial charge in [-0.2, -0.15) is 0 Å². The van der Waals surface area contributed by atoms with E-state index in [0.29, 0.717) is 16.5 Å². The van der Waals surface area contributed by atoms with E-state index < -0.39 is 0 Å². The Morgan fingerprint density at radius 2 is 2.06 bits per heavy atom. The number of aryl methyl sites for hydroxylation is 2. The molecule has 0 saturated heterocycles. The standard InChI is InChI=1S/C13H14ClN3/c1-8-6-9(2)12(10(14)7-8)17-13-11(15)4-3-5-16-13/h3-7H,15H2,1-2H3,(H,16,17). The van der Waals surface area contributed by atoms with Crippen molar-refractivity contribution in [2.24, 2.45) is 0 Å². The van der Waals surface area contributed by atoms with E-state index in [4.69, 9.17) is 17.3 Å². The molecular formula is C13H14ClN3. The van der Waals surface area contributed by atoms with Gasteiger partial charge in [0, 0.05) is 6.20 Å². The summed E-state index contributed by atoms with van der Waals surface area (Å²) in [6, 6.07) is 7.57. The van der Waals surface area contributed by atoms with Gasteiger partial charge < -0.3 is 11.1 Å². The third-order valence-electron chi connectivity index (χ3n) is 2.51. The van der Waals surface area contributed by atoms with Crippen molar-refractivity contribution in [2.45, 2.75) is 13.8 Å².